The van der Waals surface area contributed by atoms with E-state index in [1.807, 2.05) is 0 Å². The van der Waals surface area contributed by atoms with Gasteiger partial charge in [-0.05, 0) is 13.8 Å². The summed E-state index contributed by atoms with van der Waals surface area (Å²) in [7, 11) is -3.39. The number of hydrogen-bond acceptors (Lipinski definition) is 7. The minimum Gasteiger partial charge on any atom is -0.392 e. The van der Waals surface area contributed by atoms with Crippen LogP contribution in [0, 0.1) is 0 Å². The van der Waals surface area contributed by atoms with Gasteiger partial charge in [-0.2, -0.15) is 0 Å². The molecule has 0 spiro atoms. The van der Waals surface area contributed by atoms with Crippen molar-refractivity contribution >= 4 is 38.5 Å². The van der Waals surface area contributed by atoms with E-state index in [1.54, 1.807) is 20.1 Å². The van der Waals surface area contributed by atoms with Crippen molar-refractivity contribution in [2.75, 3.05) is 11.0 Å². The predicted molar refractivity (Wildman–Crippen MR) is 69.0 cm³/mol. The Bertz CT molecular complexity index is 548. The number of sulfonamides is 1. The monoisotopic (exact) mass is 290 g/mol. The molecule has 0 aromatic carbocycles. The van der Waals surface area contributed by atoms with Gasteiger partial charge in [0.25, 0.3) is 6.29 Å². The van der Waals surface area contributed by atoms with Gasteiger partial charge in [-0.25, -0.2) is 13.4 Å². The molecule has 0 unspecified atom stereocenters. The maximum Gasteiger partial charge on any atom is 0.259 e. The molecule has 0 saturated carbocycles. The number of thiazole rings is 1. The highest BCUT2D eigenvalue weighted by atomic mass is 32.2. The van der Waals surface area contributed by atoms with E-state index in [4.69, 9.17) is 4.84 Å². The predicted octanol–water partition coefficient (Wildman–Crippen LogP) is 0.753. The second kappa shape index (κ2) is 5.91. The number of nitrogens with one attached hydrogen (secondary N) is 1. The summed E-state index contributed by atoms with van der Waals surface area (Å²) in [5.74, 6) is 0. The van der Waals surface area contributed by atoms with Gasteiger partial charge in [-0.15, -0.1) is 11.3 Å². The third-order valence-corrected chi connectivity index (χ3v) is 2.92. The van der Waals surface area contributed by atoms with Gasteiger partial charge < -0.3 is 4.84 Å². The van der Waals surface area contributed by atoms with Gasteiger partial charge in [0, 0.05) is 5.38 Å². The summed E-state index contributed by atoms with van der Waals surface area (Å²) in [6, 6.07) is 0. The molecule has 1 rings (SSSR count). The van der Waals surface area contributed by atoms with Gasteiger partial charge in [0.05, 0.1) is 6.26 Å². The SMILES string of the molecule is CC(C)O/N=C(/[C]=O)c1csc(NS(C)(=O)=O)n1. The van der Waals surface area contributed by atoms with Crippen molar-refractivity contribution in [3.8, 4) is 0 Å². The normalized spacial score (nSPS) is 12.6. The molecule has 99 valence electrons. The van der Waals surface area contributed by atoms with Crippen LogP contribution in [0.3, 0.4) is 0 Å². The molecule has 18 heavy (non-hydrogen) atoms. The van der Waals surface area contributed by atoms with Gasteiger partial charge in [0.2, 0.25) is 10.0 Å². The van der Waals surface area contributed by atoms with Crippen molar-refractivity contribution in [1.29, 1.82) is 0 Å². The minimum absolute atomic E-state index is 0.110. The summed E-state index contributed by atoms with van der Waals surface area (Å²) in [6.45, 7) is 3.51. The third-order valence-electron chi connectivity index (χ3n) is 1.47. The lowest BCUT2D eigenvalue weighted by molar-refractivity contribution is 0.0866. The van der Waals surface area contributed by atoms with E-state index < -0.39 is 10.0 Å². The molecule has 0 atom stereocenters. The highest BCUT2D eigenvalue weighted by molar-refractivity contribution is 7.92. The summed E-state index contributed by atoms with van der Waals surface area (Å²) in [6.07, 6.45) is 2.42. The van der Waals surface area contributed by atoms with Crippen LogP contribution in [0.25, 0.3) is 0 Å². The fourth-order valence-electron chi connectivity index (χ4n) is 0.864. The summed E-state index contributed by atoms with van der Waals surface area (Å²) in [5, 5.41) is 5.22. The van der Waals surface area contributed by atoms with E-state index in [1.165, 1.54) is 5.38 Å². The molecular weight excluding hydrogens is 278 g/mol. The molecule has 0 aliphatic carbocycles. The topological polar surface area (TPSA) is 97.7 Å². The van der Waals surface area contributed by atoms with Gasteiger partial charge in [0.15, 0.2) is 10.8 Å². The Morgan fingerprint density at radius 2 is 2.28 bits per heavy atom. The second-order valence-electron chi connectivity index (χ2n) is 3.61. The average Bonchev–Trinajstić information content (AvgIpc) is 2.64. The van der Waals surface area contributed by atoms with Crippen molar-refractivity contribution < 1.29 is 18.0 Å². The molecule has 0 aliphatic rings. The fraction of sp³-hybridized carbons (Fsp3) is 0.444. The van der Waals surface area contributed by atoms with Crippen LogP contribution in [0.4, 0.5) is 5.13 Å². The molecule has 0 amide bonds. The minimum atomic E-state index is -3.39. The first-order chi connectivity index (χ1) is 8.31. The van der Waals surface area contributed by atoms with Crippen molar-refractivity contribution in [1.82, 2.24) is 4.98 Å². The number of carbonyl (C=O) groups excluding carboxylic acids is 1. The lowest BCUT2D eigenvalue weighted by Gasteiger charge is -2.01. The summed E-state index contributed by atoms with van der Waals surface area (Å²) >= 11 is 1.04. The zero-order valence-electron chi connectivity index (χ0n) is 10.00. The molecule has 1 aromatic heterocycles. The number of anilines is 1. The molecule has 0 saturated heterocycles. The van der Waals surface area contributed by atoms with E-state index in [0.717, 1.165) is 17.6 Å². The molecule has 1 N–H and O–H groups in total. The van der Waals surface area contributed by atoms with E-state index in [0.29, 0.717) is 0 Å². The Morgan fingerprint density at radius 3 is 2.78 bits per heavy atom. The zero-order chi connectivity index (χ0) is 13.8. The first-order valence-corrected chi connectivity index (χ1v) is 7.64. The molecule has 0 fully saturated rings. The fourth-order valence-corrected chi connectivity index (χ4v) is 2.41. The second-order valence-corrected chi connectivity index (χ2v) is 6.21. The van der Waals surface area contributed by atoms with Gasteiger partial charge in [-0.3, -0.25) is 9.52 Å². The Hall–Kier alpha value is -1.48. The van der Waals surface area contributed by atoms with Crippen molar-refractivity contribution in [2.24, 2.45) is 5.16 Å². The van der Waals surface area contributed by atoms with Crippen LogP contribution in [-0.4, -0.2) is 37.8 Å². The summed E-state index contributed by atoms with van der Waals surface area (Å²) < 4.78 is 24.2. The first-order valence-electron chi connectivity index (χ1n) is 4.87. The van der Waals surface area contributed by atoms with Gasteiger partial charge in [-0.1, -0.05) is 5.16 Å². The van der Waals surface area contributed by atoms with Crippen LogP contribution >= 0.6 is 11.3 Å². The van der Waals surface area contributed by atoms with Crippen molar-refractivity contribution in [3.63, 3.8) is 0 Å². The van der Waals surface area contributed by atoms with E-state index in [2.05, 4.69) is 14.9 Å². The van der Waals surface area contributed by atoms with Gasteiger partial charge >= 0.3 is 0 Å². The molecule has 0 bridgehead atoms. The lowest BCUT2D eigenvalue weighted by Crippen LogP contribution is -2.10. The lowest BCUT2D eigenvalue weighted by atomic mass is 10.3. The highest BCUT2D eigenvalue weighted by Gasteiger charge is 2.12. The Morgan fingerprint density at radius 1 is 1.61 bits per heavy atom. The number of aromatic nitrogens is 1. The van der Waals surface area contributed by atoms with Crippen LogP contribution in [0.2, 0.25) is 0 Å². The molecular formula is C9H12N3O4S2. The Kier molecular flexibility index (Phi) is 4.79. The zero-order valence-corrected chi connectivity index (χ0v) is 11.6. The van der Waals surface area contributed by atoms with Gasteiger partial charge in [0.1, 0.15) is 11.8 Å². The largest absolute Gasteiger partial charge is 0.392 e. The van der Waals surface area contributed by atoms with Crippen LogP contribution in [0.5, 0.6) is 0 Å². The summed E-state index contributed by atoms with van der Waals surface area (Å²) in [5.41, 5.74) is 0.100. The van der Waals surface area contributed by atoms with Crippen molar-refractivity contribution in [2.45, 2.75) is 20.0 Å². The number of hydrogen-bond donors (Lipinski definition) is 1. The van der Waals surface area contributed by atoms with E-state index in [-0.39, 0.29) is 22.6 Å². The quantitative estimate of drug-likeness (QED) is 0.616. The number of oxime groups is 1. The van der Waals surface area contributed by atoms with E-state index >= 15 is 0 Å². The van der Waals surface area contributed by atoms with Crippen LogP contribution in [0.15, 0.2) is 10.5 Å². The maximum atomic E-state index is 11.0. The average molecular weight is 290 g/mol. The van der Waals surface area contributed by atoms with Crippen LogP contribution in [0.1, 0.15) is 19.5 Å². The van der Waals surface area contributed by atoms with Crippen LogP contribution < -0.4 is 4.72 Å². The maximum absolute atomic E-state index is 11.0. The molecule has 1 heterocycles. The third kappa shape index (κ3) is 4.80. The highest BCUT2D eigenvalue weighted by Crippen LogP contribution is 2.16. The molecule has 9 heteroatoms. The number of nitrogens with zero attached hydrogens (tertiary/aromatic N) is 2. The number of rotatable bonds is 6. The Labute approximate surface area is 109 Å². The summed E-state index contributed by atoms with van der Waals surface area (Å²) in [4.78, 5) is 19.5. The molecule has 7 nitrogen and oxygen atoms in total. The van der Waals surface area contributed by atoms with Crippen LogP contribution in [-0.2, 0) is 19.7 Å². The molecule has 1 radical (unpaired) electrons. The Balaban J connectivity index is 2.89. The molecule has 1 aromatic rings. The standard InChI is InChI=1S/C9H12N3O4S2/c1-6(2)16-11-7(4-13)8-5-17-9(10-8)12-18(3,14)15/h5-6H,1-3H3,(H,10,12)/b11-7-. The smallest absolute Gasteiger partial charge is 0.259 e. The van der Waals surface area contributed by atoms with E-state index in [9.17, 15) is 13.2 Å². The first kappa shape index (κ1) is 14.6. The molecule has 0 aliphatic heterocycles. The van der Waals surface area contributed by atoms with Crippen molar-refractivity contribution in [3.05, 3.63) is 11.1 Å².